The highest BCUT2D eigenvalue weighted by atomic mass is 19.2. The van der Waals surface area contributed by atoms with E-state index in [2.05, 4.69) is 10.3 Å². The molecule has 1 aromatic carbocycles. The lowest BCUT2D eigenvalue weighted by molar-refractivity contribution is 0.382. The molecule has 1 aliphatic rings. The van der Waals surface area contributed by atoms with Crippen LogP contribution in [0.2, 0.25) is 0 Å². The van der Waals surface area contributed by atoms with Crippen molar-refractivity contribution in [2.75, 3.05) is 11.9 Å². The largest absolute Gasteiger partial charge is 0.339 e. The molecule has 1 aliphatic heterocycles. The lowest BCUT2D eigenvalue weighted by Crippen LogP contribution is -2.14. The number of benzene rings is 1. The van der Waals surface area contributed by atoms with Gasteiger partial charge in [-0.2, -0.15) is 0 Å². The molecule has 0 radical (unpaired) electrons. The number of rotatable bonds is 1. The second-order valence-corrected chi connectivity index (χ2v) is 3.50. The third-order valence-corrected chi connectivity index (χ3v) is 2.35. The van der Waals surface area contributed by atoms with Crippen molar-refractivity contribution in [3.8, 4) is 0 Å². The standard InChI is InChI=1S/C10H7F5N2/c11-5-6(12)8(14)10(9(15)7(5)13)17-4-2-1-3-16-4/h1-3H2,(H,16,17). The van der Waals surface area contributed by atoms with Crippen LogP contribution < -0.4 is 5.32 Å². The fourth-order valence-corrected chi connectivity index (χ4v) is 1.50. The van der Waals surface area contributed by atoms with Gasteiger partial charge in [-0.25, -0.2) is 22.0 Å². The Morgan fingerprint density at radius 2 is 1.35 bits per heavy atom. The molecule has 1 aromatic rings. The Morgan fingerprint density at radius 3 is 1.82 bits per heavy atom. The number of hydrogen-bond donors (Lipinski definition) is 1. The third-order valence-electron chi connectivity index (χ3n) is 2.35. The first-order valence-electron chi connectivity index (χ1n) is 4.84. The molecule has 1 heterocycles. The van der Waals surface area contributed by atoms with Crippen LogP contribution in [0.3, 0.4) is 0 Å². The molecule has 2 nitrogen and oxygen atoms in total. The van der Waals surface area contributed by atoms with Gasteiger partial charge in [0.2, 0.25) is 5.82 Å². The van der Waals surface area contributed by atoms with E-state index in [1.165, 1.54) is 0 Å². The van der Waals surface area contributed by atoms with Crippen LogP contribution in [0.25, 0.3) is 0 Å². The van der Waals surface area contributed by atoms with Crippen LogP contribution in [0, 0.1) is 29.1 Å². The summed E-state index contributed by atoms with van der Waals surface area (Å²) in [6, 6.07) is 0. The zero-order valence-electron chi connectivity index (χ0n) is 8.46. The summed E-state index contributed by atoms with van der Waals surface area (Å²) in [4.78, 5) is 3.83. The van der Waals surface area contributed by atoms with E-state index in [-0.39, 0.29) is 5.84 Å². The summed E-state index contributed by atoms with van der Waals surface area (Å²) >= 11 is 0. The molecule has 0 spiro atoms. The van der Waals surface area contributed by atoms with Gasteiger partial charge in [-0.3, -0.25) is 4.99 Å². The van der Waals surface area contributed by atoms with Gasteiger partial charge < -0.3 is 5.32 Å². The van der Waals surface area contributed by atoms with Crippen LogP contribution in [0.1, 0.15) is 12.8 Å². The molecule has 0 aliphatic carbocycles. The molecule has 0 bridgehead atoms. The van der Waals surface area contributed by atoms with Crippen molar-refractivity contribution >= 4 is 11.5 Å². The van der Waals surface area contributed by atoms with Crippen molar-refractivity contribution in [2.45, 2.75) is 12.8 Å². The van der Waals surface area contributed by atoms with Crippen molar-refractivity contribution < 1.29 is 22.0 Å². The topological polar surface area (TPSA) is 24.4 Å². The average molecular weight is 250 g/mol. The minimum atomic E-state index is -2.17. The second kappa shape index (κ2) is 4.31. The Labute approximate surface area is 93.2 Å². The van der Waals surface area contributed by atoms with Crippen LogP contribution in [0.4, 0.5) is 27.6 Å². The molecule has 1 N–H and O–H groups in total. The molecule has 0 unspecified atom stereocenters. The molecular formula is C10H7F5N2. The maximum absolute atomic E-state index is 13.2. The SMILES string of the molecule is Fc1c(F)c(F)c(NC2=NCCC2)c(F)c1F. The molecule has 0 fully saturated rings. The first kappa shape index (κ1) is 11.8. The average Bonchev–Trinajstić information content (AvgIpc) is 2.82. The van der Waals surface area contributed by atoms with E-state index in [1.54, 1.807) is 0 Å². The quantitative estimate of drug-likeness (QED) is 0.462. The molecule has 7 heteroatoms. The predicted octanol–water partition coefficient (Wildman–Crippen LogP) is 2.99. The van der Waals surface area contributed by atoms with Gasteiger partial charge in [0.15, 0.2) is 23.3 Å². The van der Waals surface area contributed by atoms with Gasteiger partial charge in [-0.1, -0.05) is 0 Å². The molecule has 0 atom stereocenters. The molecule has 0 saturated carbocycles. The predicted molar refractivity (Wildman–Crippen MR) is 51.4 cm³/mol. The molecule has 0 saturated heterocycles. The van der Waals surface area contributed by atoms with Gasteiger partial charge in [-0.05, 0) is 6.42 Å². The Hall–Kier alpha value is -1.66. The van der Waals surface area contributed by atoms with Crippen LogP contribution in [0.15, 0.2) is 4.99 Å². The van der Waals surface area contributed by atoms with E-state index in [0.717, 1.165) is 0 Å². The zero-order chi connectivity index (χ0) is 12.6. The zero-order valence-corrected chi connectivity index (χ0v) is 8.46. The highest BCUT2D eigenvalue weighted by Gasteiger charge is 2.26. The summed E-state index contributed by atoms with van der Waals surface area (Å²) in [5.41, 5.74) is -1.05. The van der Waals surface area contributed by atoms with Crippen LogP contribution in [-0.4, -0.2) is 12.4 Å². The third kappa shape index (κ3) is 1.96. The normalized spacial score (nSPS) is 15.0. The van der Waals surface area contributed by atoms with Crippen molar-refractivity contribution in [3.05, 3.63) is 29.1 Å². The minimum absolute atomic E-state index is 0.216. The van der Waals surface area contributed by atoms with E-state index in [1.807, 2.05) is 0 Å². The van der Waals surface area contributed by atoms with Gasteiger partial charge in [0.25, 0.3) is 0 Å². The van der Waals surface area contributed by atoms with Gasteiger partial charge >= 0.3 is 0 Å². The Balaban J connectivity index is 2.46. The fraction of sp³-hybridized carbons (Fsp3) is 0.300. The summed E-state index contributed by atoms with van der Waals surface area (Å²) in [5.74, 6) is -9.64. The number of aliphatic imine (C=N–C) groups is 1. The highest BCUT2D eigenvalue weighted by molar-refractivity contribution is 5.96. The van der Waals surface area contributed by atoms with Crippen molar-refractivity contribution in [1.29, 1.82) is 0 Å². The van der Waals surface area contributed by atoms with Gasteiger partial charge in [0.1, 0.15) is 11.5 Å². The number of nitrogens with zero attached hydrogens (tertiary/aromatic N) is 1. The lowest BCUT2D eigenvalue weighted by atomic mass is 10.2. The highest BCUT2D eigenvalue weighted by Crippen LogP contribution is 2.27. The first-order chi connectivity index (χ1) is 8.02. The molecule has 92 valence electrons. The minimum Gasteiger partial charge on any atom is -0.339 e. The second-order valence-electron chi connectivity index (χ2n) is 3.50. The van der Waals surface area contributed by atoms with E-state index in [9.17, 15) is 22.0 Å². The Bertz CT molecular complexity index is 469. The van der Waals surface area contributed by atoms with E-state index >= 15 is 0 Å². The monoisotopic (exact) mass is 250 g/mol. The van der Waals surface area contributed by atoms with Crippen molar-refractivity contribution in [3.63, 3.8) is 0 Å². The van der Waals surface area contributed by atoms with Crippen LogP contribution in [0.5, 0.6) is 0 Å². The number of hydrogen-bond acceptors (Lipinski definition) is 2. The summed E-state index contributed by atoms with van der Waals surface area (Å²) < 4.78 is 64.8. The molecule has 17 heavy (non-hydrogen) atoms. The molecular weight excluding hydrogens is 243 g/mol. The van der Waals surface area contributed by atoms with E-state index < -0.39 is 34.8 Å². The molecule has 2 rings (SSSR count). The lowest BCUT2D eigenvalue weighted by Gasteiger charge is -2.10. The number of nitrogens with one attached hydrogen (secondary N) is 1. The fourth-order valence-electron chi connectivity index (χ4n) is 1.50. The Kier molecular flexibility index (Phi) is 2.99. The van der Waals surface area contributed by atoms with Crippen LogP contribution in [-0.2, 0) is 0 Å². The summed E-state index contributed by atoms with van der Waals surface area (Å²) in [6.07, 6.45) is 1.09. The van der Waals surface area contributed by atoms with Crippen molar-refractivity contribution in [1.82, 2.24) is 0 Å². The van der Waals surface area contributed by atoms with Gasteiger partial charge in [0, 0.05) is 13.0 Å². The Morgan fingerprint density at radius 1 is 0.824 bits per heavy atom. The summed E-state index contributed by atoms with van der Waals surface area (Å²) in [7, 11) is 0. The first-order valence-corrected chi connectivity index (χ1v) is 4.84. The summed E-state index contributed by atoms with van der Waals surface area (Å²) in [5, 5.41) is 2.14. The van der Waals surface area contributed by atoms with E-state index in [0.29, 0.717) is 19.4 Å². The van der Waals surface area contributed by atoms with Crippen molar-refractivity contribution in [2.24, 2.45) is 4.99 Å². The van der Waals surface area contributed by atoms with Crippen LogP contribution >= 0.6 is 0 Å². The summed E-state index contributed by atoms with van der Waals surface area (Å²) in [6.45, 7) is 0.470. The van der Waals surface area contributed by atoms with Gasteiger partial charge in [0.05, 0.1) is 0 Å². The number of anilines is 1. The number of halogens is 5. The maximum atomic E-state index is 13.2. The van der Waals surface area contributed by atoms with E-state index in [4.69, 9.17) is 0 Å². The maximum Gasteiger partial charge on any atom is 0.200 e. The number of amidine groups is 1. The smallest absolute Gasteiger partial charge is 0.200 e. The van der Waals surface area contributed by atoms with Gasteiger partial charge in [-0.15, -0.1) is 0 Å². The molecule has 0 aromatic heterocycles. The molecule has 0 amide bonds.